The standard InChI is InChI=1S/C27H31N/c1-28(19-11-10-14-22-12-4-2-5-13-22)25-20-24-17-8-9-18-26(24)27(21-25)23-15-6-3-7-16-23/h2-9,12-13,15-18,25,27H,10-11,14,19-21H2,1H3/t25-,27-/m1/s1. The van der Waals surface area contributed by atoms with Gasteiger partial charge in [-0.1, -0.05) is 84.9 Å². The average Bonchev–Trinajstić information content (AvgIpc) is 2.77. The van der Waals surface area contributed by atoms with Gasteiger partial charge >= 0.3 is 0 Å². The summed E-state index contributed by atoms with van der Waals surface area (Å²) in [6.45, 7) is 1.18. The predicted octanol–water partition coefficient (Wildman–Crippen LogP) is 6.09. The summed E-state index contributed by atoms with van der Waals surface area (Å²) in [6.07, 6.45) is 6.11. The van der Waals surface area contributed by atoms with Crippen molar-refractivity contribution in [3.8, 4) is 0 Å². The molecule has 0 saturated heterocycles. The van der Waals surface area contributed by atoms with Gasteiger partial charge in [0.05, 0.1) is 0 Å². The fraction of sp³-hybridized carbons (Fsp3) is 0.333. The van der Waals surface area contributed by atoms with Crippen LogP contribution in [0.15, 0.2) is 84.9 Å². The van der Waals surface area contributed by atoms with Gasteiger partial charge in [0.15, 0.2) is 0 Å². The molecule has 3 aromatic carbocycles. The lowest BCUT2D eigenvalue weighted by atomic mass is 9.76. The van der Waals surface area contributed by atoms with Gasteiger partial charge in [-0.05, 0) is 68.0 Å². The lowest BCUT2D eigenvalue weighted by Gasteiger charge is -2.37. The minimum Gasteiger partial charge on any atom is -0.303 e. The van der Waals surface area contributed by atoms with E-state index in [2.05, 4.69) is 96.9 Å². The molecule has 0 radical (unpaired) electrons. The summed E-state index contributed by atoms with van der Waals surface area (Å²) in [5, 5.41) is 0. The smallest absolute Gasteiger partial charge is 0.0142 e. The Kier molecular flexibility index (Phi) is 6.24. The highest BCUT2D eigenvalue weighted by Gasteiger charge is 2.29. The van der Waals surface area contributed by atoms with Gasteiger partial charge in [-0.2, -0.15) is 0 Å². The summed E-state index contributed by atoms with van der Waals surface area (Å²) < 4.78 is 0. The third kappa shape index (κ3) is 4.54. The Labute approximate surface area is 170 Å². The topological polar surface area (TPSA) is 3.24 Å². The summed E-state index contributed by atoms with van der Waals surface area (Å²) in [7, 11) is 2.32. The van der Waals surface area contributed by atoms with Gasteiger partial charge in [0.1, 0.15) is 0 Å². The number of unbranched alkanes of at least 4 members (excludes halogenated alkanes) is 1. The van der Waals surface area contributed by atoms with Crippen LogP contribution < -0.4 is 0 Å². The van der Waals surface area contributed by atoms with Crippen LogP contribution in [-0.4, -0.2) is 24.5 Å². The van der Waals surface area contributed by atoms with Crippen molar-refractivity contribution >= 4 is 0 Å². The van der Waals surface area contributed by atoms with Crippen LogP contribution in [0.2, 0.25) is 0 Å². The zero-order chi connectivity index (χ0) is 19.2. The molecule has 0 aliphatic heterocycles. The van der Waals surface area contributed by atoms with Crippen molar-refractivity contribution in [2.24, 2.45) is 0 Å². The Morgan fingerprint density at radius 3 is 2.25 bits per heavy atom. The van der Waals surface area contributed by atoms with Crippen molar-refractivity contribution in [1.29, 1.82) is 0 Å². The molecule has 0 bridgehead atoms. The molecule has 0 aromatic heterocycles. The number of fused-ring (bicyclic) bond motifs is 1. The van der Waals surface area contributed by atoms with Crippen molar-refractivity contribution in [3.63, 3.8) is 0 Å². The molecule has 144 valence electrons. The molecular weight excluding hydrogens is 338 g/mol. The minimum absolute atomic E-state index is 0.517. The van der Waals surface area contributed by atoms with Crippen LogP contribution in [-0.2, 0) is 12.8 Å². The highest BCUT2D eigenvalue weighted by atomic mass is 15.1. The molecule has 4 rings (SSSR count). The van der Waals surface area contributed by atoms with E-state index in [1.807, 2.05) is 0 Å². The van der Waals surface area contributed by atoms with E-state index < -0.39 is 0 Å². The van der Waals surface area contributed by atoms with Crippen LogP contribution >= 0.6 is 0 Å². The Hall–Kier alpha value is -2.38. The Morgan fingerprint density at radius 2 is 1.46 bits per heavy atom. The number of likely N-dealkylation sites (N-methyl/N-ethyl adjacent to an activating group) is 1. The monoisotopic (exact) mass is 369 g/mol. The zero-order valence-electron chi connectivity index (χ0n) is 16.9. The van der Waals surface area contributed by atoms with Gasteiger partial charge in [0.2, 0.25) is 0 Å². The Morgan fingerprint density at radius 1 is 0.786 bits per heavy atom. The van der Waals surface area contributed by atoms with E-state index in [1.54, 1.807) is 0 Å². The highest BCUT2D eigenvalue weighted by Crippen LogP contribution is 2.38. The molecule has 0 heterocycles. The first-order chi connectivity index (χ1) is 13.8. The molecule has 2 atom stereocenters. The Bertz CT molecular complexity index is 856. The lowest BCUT2D eigenvalue weighted by molar-refractivity contribution is 0.211. The van der Waals surface area contributed by atoms with Gasteiger partial charge in [-0.3, -0.25) is 0 Å². The molecule has 1 aliphatic carbocycles. The molecule has 1 aliphatic rings. The average molecular weight is 370 g/mol. The van der Waals surface area contributed by atoms with Crippen LogP contribution in [0.4, 0.5) is 0 Å². The normalized spacial score (nSPS) is 18.8. The van der Waals surface area contributed by atoms with Gasteiger partial charge in [-0.15, -0.1) is 0 Å². The number of aryl methyl sites for hydroxylation is 1. The van der Waals surface area contributed by atoms with Crippen molar-refractivity contribution < 1.29 is 0 Å². The first-order valence-electron chi connectivity index (χ1n) is 10.7. The van der Waals surface area contributed by atoms with Gasteiger partial charge in [0.25, 0.3) is 0 Å². The number of hydrogen-bond donors (Lipinski definition) is 0. The van der Waals surface area contributed by atoms with Crippen LogP contribution in [0.1, 0.15) is 47.4 Å². The maximum atomic E-state index is 2.61. The SMILES string of the molecule is CN(CCCCc1ccccc1)[C@@H]1Cc2ccccc2[C@@H](c2ccccc2)C1. The molecule has 1 heteroatoms. The number of benzene rings is 3. The molecule has 0 fully saturated rings. The van der Waals surface area contributed by atoms with Gasteiger partial charge in [-0.25, -0.2) is 0 Å². The largest absolute Gasteiger partial charge is 0.303 e. The molecule has 28 heavy (non-hydrogen) atoms. The molecule has 0 saturated carbocycles. The molecular formula is C27H31N. The van der Waals surface area contributed by atoms with Gasteiger partial charge in [0, 0.05) is 12.0 Å². The van der Waals surface area contributed by atoms with Crippen LogP contribution in [0.5, 0.6) is 0 Å². The number of nitrogens with zero attached hydrogens (tertiary/aromatic N) is 1. The number of hydrogen-bond acceptors (Lipinski definition) is 1. The van der Waals surface area contributed by atoms with E-state index >= 15 is 0 Å². The molecule has 1 nitrogen and oxygen atoms in total. The summed E-state index contributed by atoms with van der Waals surface area (Å²) >= 11 is 0. The molecule has 0 N–H and O–H groups in total. The van der Waals surface area contributed by atoms with Gasteiger partial charge < -0.3 is 4.90 Å². The third-order valence-electron chi connectivity index (χ3n) is 6.29. The second-order valence-electron chi connectivity index (χ2n) is 8.18. The third-order valence-corrected chi connectivity index (χ3v) is 6.29. The molecule has 0 unspecified atom stereocenters. The summed E-state index contributed by atoms with van der Waals surface area (Å²) in [5.41, 5.74) is 5.98. The predicted molar refractivity (Wildman–Crippen MR) is 119 cm³/mol. The first kappa shape index (κ1) is 19.0. The molecule has 0 spiro atoms. The van der Waals surface area contributed by atoms with Crippen molar-refractivity contribution in [2.45, 2.75) is 44.1 Å². The van der Waals surface area contributed by atoms with Crippen molar-refractivity contribution in [3.05, 3.63) is 107 Å². The van der Waals surface area contributed by atoms with Crippen molar-refractivity contribution in [2.75, 3.05) is 13.6 Å². The fourth-order valence-corrected chi connectivity index (χ4v) is 4.65. The summed E-state index contributed by atoms with van der Waals surface area (Å²) in [4.78, 5) is 2.61. The quantitative estimate of drug-likeness (QED) is 0.456. The molecule has 0 amide bonds. The van der Waals surface area contributed by atoms with E-state index in [4.69, 9.17) is 0 Å². The maximum absolute atomic E-state index is 2.61. The fourth-order valence-electron chi connectivity index (χ4n) is 4.65. The van der Waals surface area contributed by atoms with E-state index in [-0.39, 0.29) is 0 Å². The van der Waals surface area contributed by atoms with E-state index in [1.165, 1.54) is 60.9 Å². The number of rotatable bonds is 7. The van der Waals surface area contributed by atoms with Crippen LogP contribution in [0.25, 0.3) is 0 Å². The summed E-state index contributed by atoms with van der Waals surface area (Å²) in [6, 6.07) is 31.6. The zero-order valence-corrected chi connectivity index (χ0v) is 16.9. The second kappa shape index (κ2) is 9.21. The summed E-state index contributed by atoms with van der Waals surface area (Å²) in [5.74, 6) is 0.517. The second-order valence-corrected chi connectivity index (χ2v) is 8.18. The Balaban J connectivity index is 1.39. The first-order valence-corrected chi connectivity index (χ1v) is 10.7. The maximum Gasteiger partial charge on any atom is 0.0142 e. The van der Waals surface area contributed by atoms with Crippen LogP contribution in [0, 0.1) is 0 Å². The minimum atomic E-state index is 0.517. The van der Waals surface area contributed by atoms with Crippen LogP contribution in [0.3, 0.4) is 0 Å². The lowest BCUT2D eigenvalue weighted by Crippen LogP contribution is -2.38. The van der Waals surface area contributed by atoms with E-state index in [9.17, 15) is 0 Å². The van der Waals surface area contributed by atoms with E-state index in [0.717, 1.165) is 0 Å². The van der Waals surface area contributed by atoms with E-state index in [0.29, 0.717) is 12.0 Å². The van der Waals surface area contributed by atoms with Crippen molar-refractivity contribution in [1.82, 2.24) is 4.90 Å². The highest BCUT2D eigenvalue weighted by molar-refractivity contribution is 5.41. The molecule has 3 aromatic rings.